The molecule has 0 saturated carbocycles. The highest BCUT2D eigenvalue weighted by atomic mass is 19.1. The van der Waals surface area contributed by atoms with E-state index in [0.29, 0.717) is 5.95 Å². The van der Waals surface area contributed by atoms with Crippen LogP contribution in [0.4, 0.5) is 10.3 Å². The van der Waals surface area contributed by atoms with E-state index in [1.165, 1.54) is 36.6 Å². The number of halogens is 1. The lowest BCUT2D eigenvalue weighted by molar-refractivity contribution is 0.606. The molecule has 2 aromatic heterocycles. The number of hydrogen-bond donors (Lipinski definition) is 1. The fraction of sp³-hybridized carbons (Fsp3) is 0.533. The van der Waals surface area contributed by atoms with Gasteiger partial charge in [0.2, 0.25) is 5.95 Å². The fourth-order valence-corrected chi connectivity index (χ4v) is 3.38. The average molecular weight is 287 g/mol. The molecule has 0 bridgehead atoms. The van der Waals surface area contributed by atoms with Gasteiger partial charge in [0.1, 0.15) is 5.82 Å². The second kappa shape index (κ2) is 5.09. The smallest absolute Gasteiger partial charge is 0.226 e. The Kier molecular flexibility index (Phi) is 3.09. The van der Waals surface area contributed by atoms with Crippen molar-refractivity contribution in [2.24, 2.45) is 0 Å². The maximum atomic E-state index is 13.0. The van der Waals surface area contributed by atoms with Gasteiger partial charge in [0.05, 0.1) is 24.1 Å². The van der Waals surface area contributed by atoms with Crippen molar-refractivity contribution >= 4 is 5.95 Å². The number of aromatic amines is 1. The van der Waals surface area contributed by atoms with E-state index in [-0.39, 0.29) is 6.04 Å². The summed E-state index contributed by atoms with van der Waals surface area (Å²) in [6.07, 6.45) is 9.21. The van der Waals surface area contributed by atoms with Gasteiger partial charge >= 0.3 is 0 Å². The molecule has 0 radical (unpaired) electrons. The van der Waals surface area contributed by atoms with Gasteiger partial charge in [0.15, 0.2) is 5.82 Å². The van der Waals surface area contributed by atoms with E-state index in [1.807, 2.05) is 0 Å². The minimum atomic E-state index is -0.400. The summed E-state index contributed by atoms with van der Waals surface area (Å²) in [7, 11) is 0. The van der Waals surface area contributed by atoms with Crippen LogP contribution in [0.25, 0.3) is 0 Å². The molecule has 110 valence electrons. The van der Waals surface area contributed by atoms with Crippen molar-refractivity contribution in [3.8, 4) is 0 Å². The van der Waals surface area contributed by atoms with Crippen LogP contribution in [0.2, 0.25) is 0 Å². The van der Waals surface area contributed by atoms with Crippen molar-refractivity contribution < 1.29 is 4.39 Å². The predicted octanol–water partition coefficient (Wildman–Crippen LogP) is 2.56. The Bertz CT molecular complexity index is 613. The molecule has 1 aliphatic carbocycles. The summed E-state index contributed by atoms with van der Waals surface area (Å²) in [5.74, 6) is 1.21. The second-order valence-electron chi connectivity index (χ2n) is 5.81. The van der Waals surface area contributed by atoms with Crippen LogP contribution in [0.5, 0.6) is 0 Å². The zero-order valence-electron chi connectivity index (χ0n) is 11.8. The van der Waals surface area contributed by atoms with E-state index in [1.54, 1.807) is 0 Å². The van der Waals surface area contributed by atoms with E-state index in [9.17, 15) is 4.39 Å². The quantitative estimate of drug-likeness (QED) is 0.922. The number of aromatic nitrogens is 4. The zero-order valence-corrected chi connectivity index (χ0v) is 11.8. The van der Waals surface area contributed by atoms with Gasteiger partial charge in [-0.3, -0.25) is 0 Å². The lowest BCUT2D eigenvalue weighted by Gasteiger charge is -2.22. The highest BCUT2D eigenvalue weighted by molar-refractivity contribution is 5.35. The van der Waals surface area contributed by atoms with Gasteiger partial charge in [-0.1, -0.05) is 0 Å². The van der Waals surface area contributed by atoms with Gasteiger partial charge in [-0.25, -0.2) is 19.3 Å². The molecule has 1 saturated heterocycles. The van der Waals surface area contributed by atoms with Crippen molar-refractivity contribution in [2.45, 2.75) is 44.6 Å². The Labute approximate surface area is 122 Å². The van der Waals surface area contributed by atoms with Gasteiger partial charge in [0, 0.05) is 12.2 Å². The number of rotatable bonds is 2. The van der Waals surface area contributed by atoms with Gasteiger partial charge in [-0.2, -0.15) is 0 Å². The summed E-state index contributed by atoms with van der Waals surface area (Å²) in [5.41, 5.74) is 2.52. The summed E-state index contributed by atoms with van der Waals surface area (Å²) in [4.78, 5) is 18.7. The van der Waals surface area contributed by atoms with Crippen molar-refractivity contribution in [1.29, 1.82) is 0 Å². The fourth-order valence-electron chi connectivity index (χ4n) is 3.38. The molecule has 0 aromatic carbocycles. The van der Waals surface area contributed by atoms with Gasteiger partial charge in [-0.15, -0.1) is 0 Å². The first-order valence-corrected chi connectivity index (χ1v) is 7.63. The molecule has 1 atom stereocenters. The molecule has 1 N–H and O–H groups in total. The van der Waals surface area contributed by atoms with E-state index in [4.69, 9.17) is 4.98 Å². The molecular weight excluding hydrogens is 269 g/mol. The Morgan fingerprint density at radius 3 is 2.76 bits per heavy atom. The number of imidazole rings is 1. The topological polar surface area (TPSA) is 57.7 Å². The number of hydrogen-bond acceptors (Lipinski definition) is 4. The van der Waals surface area contributed by atoms with Crippen LogP contribution >= 0.6 is 0 Å². The maximum absolute atomic E-state index is 13.0. The van der Waals surface area contributed by atoms with Crippen LogP contribution in [0.3, 0.4) is 0 Å². The molecule has 1 unspecified atom stereocenters. The molecule has 5 nitrogen and oxygen atoms in total. The monoisotopic (exact) mass is 287 g/mol. The highest BCUT2D eigenvalue weighted by Crippen LogP contribution is 2.34. The molecule has 2 aliphatic rings. The third-order valence-corrected chi connectivity index (χ3v) is 4.41. The summed E-state index contributed by atoms with van der Waals surface area (Å²) in [6.45, 7) is 0.891. The third kappa shape index (κ3) is 2.28. The standard InChI is InChI=1S/C15H18FN5/c16-10-8-17-15(18-9-10)21-7-3-6-13(21)14-19-11-4-1-2-5-12(11)20-14/h8-9,13H,1-7H2,(H,19,20). The van der Waals surface area contributed by atoms with Crippen LogP contribution in [0.15, 0.2) is 12.4 Å². The molecule has 21 heavy (non-hydrogen) atoms. The predicted molar refractivity (Wildman–Crippen MR) is 76.5 cm³/mol. The first kappa shape index (κ1) is 12.7. The Morgan fingerprint density at radius 1 is 1.14 bits per heavy atom. The molecular formula is C15H18FN5. The van der Waals surface area contributed by atoms with Crippen LogP contribution in [-0.4, -0.2) is 26.5 Å². The van der Waals surface area contributed by atoms with Crippen LogP contribution < -0.4 is 4.90 Å². The lowest BCUT2D eigenvalue weighted by Crippen LogP contribution is -2.25. The molecule has 3 heterocycles. The van der Waals surface area contributed by atoms with Crippen molar-refractivity contribution in [3.05, 3.63) is 35.4 Å². The molecule has 0 spiro atoms. The molecule has 0 amide bonds. The SMILES string of the molecule is Fc1cnc(N2CCCC2c2nc3c([nH]2)CCCC3)nc1. The lowest BCUT2D eigenvalue weighted by atomic mass is 10.0. The Hall–Kier alpha value is -1.98. The Morgan fingerprint density at radius 2 is 1.95 bits per heavy atom. The largest absolute Gasteiger partial charge is 0.344 e. The van der Waals surface area contributed by atoms with E-state index >= 15 is 0 Å². The van der Waals surface area contributed by atoms with E-state index < -0.39 is 5.82 Å². The van der Waals surface area contributed by atoms with Crippen molar-refractivity contribution in [3.63, 3.8) is 0 Å². The summed E-state index contributed by atoms with van der Waals surface area (Å²) in [6, 6.07) is 0.182. The van der Waals surface area contributed by atoms with Crippen LogP contribution in [-0.2, 0) is 12.8 Å². The first-order valence-electron chi connectivity index (χ1n) is 7.63. The van der Waals surface area contributed by atoms with Gasteiger partial charge in [0.25, 0.3) is 0 Å². The van der Waals surface area contributed by atoms with E-state index in [2.05, 4.69) is 19.9 Å². The minimum Gasteiger partial charge on any atom is -0.344 e. The van der Waals surface area contributed by atoms with Crippen LogP contribution in [0, 0.1) is 5.82 Å². The second-order valence-corrected chi connectivity index (χ2v) is 5.81. The van der Waals surface area contributed by atoms with E-state index in [0.717, 1.165) is 38.1 Å². The molecule has 4 rings (SSSR count). The zero-order chi connectivity index (χ0) is 14.2. The van der Waals surface area contributed by atoms with Crippen LogP contribution in [0.1, 0.15) is 48.9 Å². The van der Waals surface area contributed by atoms with Crippen molar-refractivity contribution in [1.82, 2.24) is 19.9 Å². The number of anilines is 1. The number of nitrogens with zero attached hydrogens (tertiary/aromatic N) is 4. The number of fused-ring (bicyclic) bond motifs is 1. The normalized spacial score (nSPS) is 21.6. The van der Waals surface area contributed by atoms with Gasteiger partial charge < -0.3 is 9.88 Å². The molecule has 1 aliphatic heterocycles. The maximum Gasteiger partial charge on any atom is 0.226 e. The third-order valence-electron chi connectivity index (χ3n) is 4.41. The minimum absolute atomic E-state index is 0.182. The summed E-state index contributed by atoms with van der Waals surface area (Å²) >= 11 is 0. The molecule has 2 aromatic rings. The van der Waals surface area contributed by atoms with Gasteiger partial charge in [-0.05, 0) is 38.5 Å². The summed E-state index contributed by atoms with van der Waals surface area (Å²) < 4.78 is 13.0. The number of nitrogens with one attached hydrogen (secondary N) is 1. The van der Waals surface area contributed by atoms with Crippen molar-refractivity contribution in [2.75, 3.05) is 11.4 Å². The highest BCUT2D eigenvalue weighted by Gasteiger charge is 2.31. The first-order chi connectivity index (χ1) is 10.3. The number of aryl methyl sites for hydroxylation is 2. The summed E-state index contributed by atoms with van der Waals surface area (Å²) in [5, 5.41) is 0. The molecule has 1 fully saturated rings. The number of H-pyrrole nitrogens is 1. The molecule has 6 heteroatoms. The average Bonchev–Trinajstić information content (AvgIpc) is 3.14. The Balaban J connectivity index is 1.64.